The van der Waals surface area contributed by atoms with Crippen LogP contribution < -0.4 is 10.1 Å². The fourth-order valence-corrected chi connectivity index (χ4v) is 6.31. The number of hydrogen-bond donors (Lipinski definition) is 1. The second-order valence-electron chi connectivity index (χ2n) is 8.90. The Morgan fingerprint density at radius 3 is 2.70 bits per heavy atom. The van der Waals surface area contributed by atoms with Crippen molar-refractivity contribution >= 4 is 22.2 Å². The van der Waals surface area contributed by atoms with Crippen LogP contribution in [0.1, 0.15) is 51.0 Å². The smallest absolute Gasteiger partial charge is 0.291 e. The zero-order valence-electron chi connectivity index (χ0n) is 19.3. The third kappa shape index (κ3) is 4.58. The molecule has 1 aromatic carbocycles. The maximum Gasteiger partial charge on any atom is 0.291 e. The van der Waals surface area contributed by atoms with Crippen molar-refractivity contribution in [3.05, 3.63) is 70.0 Å². The third-order valence-electron chi connectivity index (χ3n) is 6.77. The molecule has 0 saturated carbocycles. The standard InChI is InChI=1S/C26H31N3O3S/c1-28-12-14-29(15-13-28)24(18-7-5-8-19(17-18)31-2)23-20-9-3-4-11-22(20)33-26(23)27-25(30)21-10-6-16-32-21/h5-8,10,16-17,24H,3-4,9,11-15H2,1-2H3,(H,27,30)/t24-/m1/s1. The first-order valence-electron chi connectivity index (χ1n) is 11.7. The lowest BCUT2D eigenvalue weighted by molar-refractivity contribution is 0.0996. The van der Waals surface area contributed by atoms with E-state index in [1.54, 1.807) is 36.8 Å². The number of nitrogens with one attached hydrogen (secondary N) is 1. The first-order valence-corrected chi connectivity index (χ1v) is 12.5. The lowest BCUT2D eigenvalue weighted by Gasteiger charge is -2.39. The molecule has 33 heavy (non-hydrogen) atoms. The van der Waals surface area contributed by atoms with Crippen molar-refractivity contribution in [1.82, 2.24) is 9.80 Å². The zero-order chi connectivity index (χ0) is 22.8. The van der Waals surface area contributed by atoms with Crippen LogP contribution in [-0.4, -0.2) is 56.0 Å². The molecule has 0 spiro atoms. The summed E-state index contributed by atoms with van der Waals surface area (Å²) in [6, 6.07) is 11.9. The van der Waals surface area contributed by atoms with Crippen molar-refractivity contribution in [3.8, 4) is 5.75 Å². The molecular formula is C26H31N3O3S. The van der Waals surface area contributed by atoms with Gasteiger partial charge < -0.3 is 19.4 Å². The SMILES string of the molecule is COc1cccc([C@H](c2c(NC(=O)c3ccco3)sc3c2CCCC3)N2CCN(C)CC2)c1. The monoisotopic (exact) mass is 465 g/mol. The van der Waals surface area contributed by atoms with E-state index in [0.29, 0.717) is 5.76 Å². The van der Waals surface area contributed by atoms with Gasteiger partial charge in [0.25, 0.3) is 5.91 Å². The lowest BCUT2D eigenvalue weighted by Crippen LogP contribution is -2.46. The molecule has 6 nitrogen and oxygen atoms in total. The summed E-state index contributed by atoms with van der Waals surface area (Å²) in [7, 11) is 3.89. The fourth-order valence-electron chi connectivity index (χ4n) is 5.00. The van der Waals surface area contributed by atoms with Crippen molar-refractivity contribution < 1.29 is 13.9 Å². The minimum absolute atomic E-state index is 0.0683. The molecule has 3 aromatic rings. The number of methoxy groups -OCH3 is 1. The average Bonchev–Trinajstić information content (AvgIpc) is 3.50. The highest BCUT2D eigenvalue weighted by Crippen LogP contribution is 2.46. The second-order valence-corrected chi connectivity index (χ2v) is 10.0. The number of hydrogen-bond acceptors (Lipinski definition) is 6. The summed E-state index contributed by atoms with van der Waals surface area (Å²) in [5.74, 6) is 1.00. The van der Waals surface area contributed by atoms with E-state index in [0.717, 1.165) is 49.8 Å². The first kappa shape index (κ1) is 22.2. The Morgan fingerprint density at radius 1 is 1.12 bits per heavy atom. The molecule has 1 aliphatic carbocycles. The van der Waals surface area contributed by atoms with Gasteiger partial charge in [0.1, 0.15) is 10.8 Å². The normalized spacial score (nSPS) is 18.0. The van der Waals surface area contributed by atoms with E-state index in [1.165, 1.54) is 34.4 Å². The van der Waals surface area contributed by atoms with Gasteiger partial charge in [-0.05, 0) is 68.1 Å². The molecule has 1 amide bonds. The number of fused-ring (bicyclic) bond motifs is 1. The molecule has 5 rings (SSSR count). The van der Waals surface area contributed by atoms with Crippen molar-refractivity contribution in [2.45, 2.75) is 31.7 Å². The van der Waals surface area contributed by atoms with Gasteiger partial charge in [0, 0.05) is 36.6 Å². The van der Waals surface area contributed by atoms with Gasteiger partial charge in [-0.15, -0.1) is 11.3 Å². The quantitative estimate of drug-likeness (QED) is 0.566. The summed E-state index contributed by atoms with van der Waals surface area (Å²) >= 11 is 1.74. The highest BCUT2D eigenvalue weighted by atomic mass is 32.1. The minimum atomic E-state index is -0.192. The van der Waals surface area contributed by atoms with E-state index in [2.05, 4.69) is 40.4 Å². The highest BCUT2D eigenvalue weighted by molar-refractivity contribution is 7.16. The second kappa shape index (κ2) is 9.71. The molecule has 0 radical (unpaired) electrons. The van der Waals surface area contributed by atoms with Gasteiger partial charge in [0.2, 0.25) is 0 Å². The summed E-state index contributed by atoms with van der Waals surface area (Å²) < 4.78 is 10.9. The van der Waals surface area contributed by atoms with Crippen molar-refractivity contribution in [1.29, 1.82) is 0 Å². The van der Waals surface area contributed by atoms with Crippen LogP contribution in [0.2, 0.25) is 0 Å². The van der Waals surface area contributed by atoms with Crippen molar-refractivity contribution in [2.24, 2.45) is 0 Å². The van der Waals surface area contributed by atoms with Gasteiger partial charge in [-0.2, -0.15) is 0 Å². The maximum absolute atomic E-state index is 13.0. The molecule has 1 aliphatic heterocycles. The summed E-state index contributed by atoms with van der Waals surface area (Å²) in [6.45, 7) is 4.02. The number of anilines is 1. The molecule has 7 heteroatoms. The Bertz CT molecular complexity index is 1100. The first-order chi connectivity index (χ1) is 16.1. The summed E-state index contributed by atoms with van der Waals surface area (Å²) in [5.41, 5.74) is 3.89. The highest BCUT2D eigenvalue weighted by Gasteiger charge is 2.33. The van der Waals surface area contributed by atoms with Crippen molar-refractivity contribution in [2.75, 3.05) is 45.7 Å². The average molecular weight is 466 g/mol. The number of carbonyl (C=O) groups excluding carboxylic acids is 1. The van der Waals surface area contributed by atoms with E-state index < -0.39 is 0 Å². The summed E-state index contributed by atoms with van der Waals surface area (Å²) in [6.07, 6.45) is 6.08. The number of nitrogens with zero attached hydrogens (tertiary/aromatic N) is 2. The Kier molecular flexibility index (Phi) is 6.53. The Morgan fingerprint density at radius 2 is 1.94 bits per heavy atom. The Balaban J connectivity index is 1.61. The molecule has 2 aromatic heterocycles. The molecule has 0 bridgehead atoms. The van der Waals surface area contributed by atoms with Gasteiger partial charge in [-0.3, -0.25) is 9.69 Å². The van der Waals surface area contributed by atoms with Crippen LogP contribution in [0, 0.1) is 0 Å². The number of piperazine rings is 1. The number of thiophene rings is 1. The molecule has 174 valence electrons. The van der Waals surface area contributed by atoms with Crippen LogP contribution in [0.4, 0.5) is 5.00 Å². The molecule has 1 saturated heterocycles. The number of carbonyl (C=O) groups is 1. The van der Waals surface area contributed by atoms with Crippen LogP contribution in [-0.2, 0) is 12.8 Å². The zero-order valence-corrected chi connectivity index (χ0v) is 20.1. The van der Waals surface area contributed by atoms with Crippen LogP contribution in [0.25, 0.3) is 0 Å². The third-order valence-corrected chi connectivity index (χ3v) is 7.99. The molecule has 3 heterocycles. The van der Waals surface area contributed by atoms with E-state index in [4.69, 9.17) is 9.15 Å². The van der Waals surface area contributed by atoms with Crippen molar-refractivity contribution in [3.63, 3.8) is 0 Å². The molecule has 0 unspecified atom stereocenters. The summed E-state index contributed by atoms with van der Waals surface area (Å²) in [5, 5.41) is 4.17. The predicted molar refractivity (Wildman–Crippen MR) is 132 cm³/mol. The predicted octanol–water partition coefficient (Wildman–Crippen LogP) is 4.82. The van der Waals surface area contributed by atoms with Gasteiger partial charge in [-0.1, -0.05) is 12.1 Å². The van der Waals surface area contributed by atoms with Crippen LogP contribution in [0.15, 0.2) is 47.1 Å². The number of likely N-dealkylation sites (N-methyl/N-ethyl adjacent to an activating group) is 1. The molecule has 1 fully saturated rings. The molecule has 1 N–H and O–H groups in total. The topological polar surface area (TPSA) is 58.0 Å². The number of furan rings is 1. The van der Waals surface area contributed by atoms with E-state index in [1.807, 2.05) is 6.07 Å². The number of aryl methyl sites for hydroxylation is 1. The number of rotatable bonds is 6. The van der Waals surface area contributed by atoms with Gasteiger partial charge in [-0.25, -0.2) is 0 Å². The number of amides is 1. The van der Waals surface area contributed by atoms with Crippen LogP contribution in [0.3, 0.4) is 0 Å². The van der Waals surface area contributed by atoms with Gasteiger partial charge in [0.15, 0.2) is 5.76 Å². The maximum atomic E-state index is 13.0. The Hall–Kier alpha value is -2.61. The summed E-state index contributed by atoms with van der Waals surface area (Å²) in [4.78, 5) is 19.3. The lowest BCUT2D eigenvalue weighted by atomic mass is 9.88. The van der Waals surface area contributed by atoms with E-state index in [9.17, 15) is 4.79 Å². The van der Waals surface area contributed by atoms with Gasteiger partial charge >= 0.3 is 0 Å². The molecule has 1 atom stereocenters. The van der Waals surface area contributed by atoms with E-state index in [-0.39, 0.29) is 11.9 Å². The fraction of sp³-hybridized carbons (Fsp3) is 0.423. The minimum Gasteiger partial charge on any atom is -0.497 e. The van der Waals surface area contributed by atoms with E-state index >= 15 is 0 Å². The van der Waals surface area contributed by atoms with Gasteiger partial charge in [0.05, 0.1) is 19.4 Å². The number of ether oxygens (including phenoxy) is 1. The Labute approximate surface area is 199 Å². The largest absolute Gasteiger partial charge is 0.497 e. The molecule has 2 aliphatic rings. The van der Waals surface area contributed by atoms with Crippen LogP contribution in [0.5, 0.6) is 5.75 Å². The van der Waals surface area contributed by atoms with Crippen LogP contribution >= 0.6 is 11.3 Å². The number of benzene rings is 1. The molecular weight excluding hydrogens is 434 g/mol.